The van der Waals surface area contributed by atoms with E-state index in [1.54, 1.807) is 11.3 Å². The fourth-order valence-electron chi connectivity index (χ4n) is 2.92. The number of aliphatic hydroxyl groups is 1. The van der Waals surface area contributed by atoms with Gasteiger partial charge in [-0.25, -0.2) is 8.42 Å². The first-order valence-corrected chi connectivity index (χ1v) is 11.3. The van der Waals surface area contributed by atoms with Gasteiger partial charge in [0.2, 0.25) is 0 Å². The maximum absolute atomic E-state index is 11.2. The molecule has 0 aliphatic rings. The van der Waals surface area contributed by atoms with Crippen LogP contribution in [0.3, 0.4) is 0 Å². The summed E-state index contributed by atoms with van der Waals surface area (Å²) in [6.45, 7) is 2.45. The van der Waals surface area contributed by atoms with Crippen molar-refractivity contribution >= 4 is 31.3 Å². The first kappa shape index (κ1) is 18.9. The van der Waals surface area contributed by atoms with Crippen molar-refractivity contribution in [1.82, 2.24) is 0 Å². The molecule has 0 amide bonds. The van der Waals surface area contributed by atoms with Gasteiger partial charge >= 0.3 is 0 Å². The molecule has 1 aromatic heterocycles. The van der Waals surface area contributed by atoms with Crippen LogP contribution in [0.25, 0.3) is 21.2 Å². The highest BCUT2D eigenvalue weighted by atomic mass is 32.2. The molecule has 26 heavy (non-hydrogen) atoms. The van der Waals surface area contributed by atoms with Gasteiger partial charge < -0.3 is 9.84 Å². The summed E-state index contributed by atoms with van der Waals surface area (Å²) in [7, 11) is -2.95. The highest BCUT2D eigenvalue weighted by molar-refractivity contribution is 7.90. The van der Waals surface area contributed by atoms with Gasteiger partial charge in [-0.05, 0) is 59.7 Å². The smallest absolute Gasteiger partial charge is 0.147 e. The summed E-state index contributed by atoms with van der Waals surface area (Å²) in [5, 5.41) is 12.7. The van der Waals surface area contributed by atoms with Gasteiger partial charge in [0.15, 0.2) is 0 Å². The van der Waals surface area contributed by atoms with E-state index in [0.717, 1.165) is 33.4 Å². The van der Waals surface area contributed by atoms with Gasteiger partial charge in [0.05, 0.1) is 19.0 Å². The highest BCUT2D eigenvalue weighted by Crippen LogP contribution is 2.37. The van der Waals surface area contributed by atoms with Crippen molar-refractivity contribution in [1.29, 1.82) is 0 Å². The Balaban J connectivity index is 1.80. The average Bonchev–Trinajstić information content (AvgIpc) is 3.01. The zero-order valence-electron chi connectivity index (χ0n) is 14.9. The van der Waals surface area contributed by atoms with Crippen LogP contribution in [0, 0.1) is 6.92 Å². The lowest BCUT2D eigenvalue weighted by Crippen LogP contribution is -2.08. The van der Waals surface area contributed by atoms with Crippen molar-refractivity contribution in [2.75, 3.05) is 18.6 Å². The number of fused-ring (bicyclic) bond motifs is 1. The zero-order chi connectivity index (χ0) is 18.7. The predicted octanol–water partition coefficient (Wildman–Crippen LogP) is 4.18. The first-order valence-electron chi connectivity index (χ1n) is 8.40. The Morgan fingerprint density at radius 2 is 1.92 bits per heavy atom. The molecule has 0 spiro atoms. The van der Waals surface area contributed by atoms with Crippen molar-refractivity contribution < 1.29 is 18.3 Å². The molecule has 0 aliphatic carbocycles. The molecule has 0 bridgehead atoms. The Morgan fingerprint density at radius 3 is 2.62 bits per heavy atom. The number of hydrogen-bond donors (Lipinski definition) is 1. The Kier molecular flexibility index (Phi) is 5.65. The minimum Gasteiger partial charge on any atom is -0.494 e. The molecule has 1 N–H and O–H groups in total. The van der Waals surface area contributed by atoms with Crippen molar-refractivity contribution in [3.05, 3.63) is 52.9 Å². The van der Waals surface area contributed by atoms with E-state index >= 15 is 0 Å². The molecule has 0 unspecified atom stereocenters. The Bertz CT molecular complexity index is 1020. The average molecular weight is 391 g/mol. The number of aryl methyl sites for hydroxylation is 1. The first-order chi connectivity index (χ1) is 12.4. The lowest BCUT2D eigenvalue weighted by atomic mass is 9.99. The normalized spacial score (nSPS) is 11.8. The number of ether oxygens (including phenoxy) is 1. The molecule has 0 fully saturated rings. The van der Waals surface area contributed by atoms with Gasteiger partial charge in [-0.3, -0.25) is 0 Å². The maximum Gasteiger partial charge on any atom is 0.147 e. The van der Waals surface area contributed by atoms with Gasteiger partial charge in [0, 0.05) is 21.9 Å². The maximum atomic E-state index is 11.2. The number of aliphatic hydroxyl groups excluding tert-OH is 1. The van der Waals surface area contributed by atoms with E-state index < -0.39 is 9.84 Å². The molecule has 0 saturated carbocycles. The second-order valence-electron chi connectivity index (χ2n) is 6.45. The molecule has 0 atom stereocenters. The van der Waals surface area contributed by atoms with Gasteiger partial charge in [-0.15, -0.1) is 11.3 Å². The van der Waals surface area contributed by atoms with E-state index in [2.05, 4.69) is 5.38 Å². The van der Waals surface area contributed by atoms with Crippen molar-refractivity contribution in [2.45, 2.75) is 20.0 Å². The SMILES string of the molecule is Cc1cc(OCCCS(C)(=O)=O)ccc1-c1csc2ccc(CO)cc12. The summed E-state index contributed by atoms with van der Waals surface area (Å²) >= 11 is 1.69. The minimum absolute atomic E-state index is 0.0322. The van der Waals surface area contributed by atoms with Crippen molar-refractivity contribution in [2.24, 2.45) is 0 Å². The van der Waals surface area contributed by atoms with Crippen LogP contribution in [0.4, 0.5) is 0 Å². The Hall–Kier alpha value is -1.89. The van der Waals surface area contributed by atoms with E-state index in [-0.39, 0.29) is 12.4 Å². The van der Waals surface area contributed by atoms with Crippen LogP contribution in [0.5, 0.6) is 5.75 Å². The largest absolute Gasteiger partial charge is 0.494 e. The molecule has 0 aliphatic heterocycles. The monoisotopic (exact) mass is 390 g/mol. The lowest BCUT2D eigenvalue weighted by molar-refractivity contribution is 0.282. The van der Waals surface area contributed by atoms with E-state index in [9.17, 15) is 13.5 Å². The van der Waals surface area contributed by atoms with Crippen molar-refractivity contribution in [3.8, 4) is 16.9 Å². The topological polar surface area (TPSA) is 63.6 Å². The molecule has 3 rings (SSSR count). The van der Waals surface area contributed by atoms with E-state index in [1.807, 2.05) is 43.3 Å². The molecule has 2 aromatic carbocycles. The molecule has 1 heterocycles. The quantitative estimate of drug-likeness (QED) is 0.615. The summed E-state index contributed by atoms with van der Waals surface area (Å²) < 4.78 is 29.2. The number of sulfone groups is 1. The van der Waals surface area contributed by atoms with Gasteiger partial charge in [0.1, 0.15) is 15.6 Å². The molecule has 3 aromatic rings. The summed E-state index contributed by atoms with van der Waals surface area (Å²) in [6, 6.07) is 12.0. The third-order valence-corrected chi connectivity index (χ3v) is 6.23. The fourth-order valence-corrected chi connectivity index (χ4v) is 4.51. The van der Waals surface area contributed by atoms with Crippen molar-refractivity contribution in [3.63, 3.8) is 0 Å². The van der Waals surface area contributed by atoms with E-state index in [1.165, 1.54) is 11.0 Å². The van der Waals surface area contributed by atoms with Crippen LogP contribution < -0.4 is 4.74 Å². The zero-order valence-corrected chi connectivity index (χ0v) is 16.5. The second-order valence-corrected chi connectivity index (χ2v) is 9.62. The summed E-state index contributed by atoms with van der Waals surface area (Å²) in [6.07, 6.45) is 1.72. The van der Waals surface area contributed by atoms with Gasteiger partial charge in [-0.1, -0.05) is 12.1 Å². The standard InChI is InChI=1S/C20H22O4S2/c1-14-10-16(24-8-3-9-26(2,22)23)5-6-17(14)19-13-25-20-7-4-15(12-21)11-18(19)20/h4-7,10-11,13,21H,3,8-9,12H2,1-2H3. The third kappa shape index (κ3) is 4.44. The lowest BCUT2D eigenvalue weighted by Gasteiger charge is -2.10. The number of thiophene rings is 1. The molecule has 0 saturated heterocycles. The van der Waals surface area contributed by atoms with Crippen LogP contribution in [-0.4, -0.2) is 32.1 Å². The summed E-state index contributed by atoms with van der Waals surface area (Å²) in [4.78, 5) is 0. The molecular weight excluding hydrogens is 368 g/mol. The van der Waals surface area contributed by atoms with Crippen LogP contribution in [0.15, 0.2) is 41.8 Å². The Morgan fingerprint density at radius 1 is 1.12 bits per heavy atom. The molecular formula is C20H22O4S2. The second kappa shape index (κ2) is 7.78. The number of hydrogen-bond acceptors (Lipinski definition) is 5. The van der Waals surface area contributed by atoms with Gasteiger partial charge in [0.25, 0.3) is 0 Å². The van der Waals surface area contributed by atoms with Crippen LogP contribution in [0.2, 0.25) is 0 Å². The van der Waals surface area contributed by atoms with Crippen LogP contribution >= 0.6 is 11.3 Å². The number of benzene rings is 2. The molecule has 138 valence electrons. The molecule has 0 radical (unpaired) electrons. The Labute approximate surface area is 158 Å². The molecule has 4 nitrogen and oxygen atoms in total. The minimum atomic E-state index is -2.95. The predicted molar refractivity (Wildman–Crippen MR) is 108 cm³/mol. The third-order valence-electron chi connectivity index (χ3n) is 4.24. The fraction of sp³-hybridized carbons (Fsp3) is 0.300. The van der Waals surface area contributed by atoms with E-state index in [0.29, 0.717) is 13.0 Å². The van der Waals surface area contributed by atoms with Crippen LogP contribution in [0.1, 0.15) is 17.5 Å². The number of rotatable bonds is 7. The van der Waals surface area contributed by atoms with Crippen LogP contribution in [-0.2, 0) is 16.4 Å². The summed E-state index contributed by atoms with van der Waals surface area (Å²) in [5.41, 5.74) is 4.29. The highest BCUT2D eigenvalue weighted by Gasteiger charge is 2.11. The van der Waals surface area contributed by atoms with E-state index in [4.69, 9.17) is 4.74 Å². The van der Waals surface area contributed by atoms with Gasteiger partial charge in [-0.2, -0.15) is 0 Å². The molecule has 6 heteroatoms. The summed E-state index contributed by atoms with van der Waals surface area (Å²) in [5.74, 6) is 0.883.